The SMILES string of the molecule is COC1CC(NC(=O)C(F)F)C1(C)C. The van der Waals surface area contributed by atoms with Crippen LogP contribution in [0, 0.1) is 5.41 Å². The maximum atomic E-state index is 11.9. The fourth-order valence-corrected chi connectivity index (χ4v) is 1.77. The van der Waals surface area contributed by atoms with Crippen LogP contribution in [0.1, 0.15) is 20.3 Å². The standard InChI is InChI=1S/C9H15F2NO2/c1-9(2)5(4-6(9)14-3)12-8(13)7(10)11/h5-7H,4H2,1-3H3,(H,12,13). The number of hydrogen-bond acceptors (Lipinski definition) is 2. The number of alkyl halides is 2. The van der Waals surface area contributed by atoms with Gasteiger partial charge in [0.15, 0.2) is 0 Å². The molecule has 1 rings (SSSR count). The molecular formula is C9H15F2NO2. The van der Waals surface area contributed by atoms with Crippen molar-refractivity contribution in [2.75, 3.05) is 7.11 Å². The number of nitrogens with one attached hydrogen (secondary N) is 1. The van der Waals surface area contributed by atoms with Gasteiger partial charge >= 0.3 is 6.43 Å². The number of carbonyl (C=O) groups excluding carboxylic acids is 1. The van der Waals surface area contributed by atoms with Crippen molar-refractivity contribution in [2.45, 2.75) is 38.8 Å². The summed E-state index contributed by atoms with van der Waals surface area (Å²) in [4.78, 5) is 10.7. The zero-order chi connectivity index (χ0) is 10.9. The Labute approximate surface area is 81.8 Å². The Morgan fingerprint density at radius 3 is 2.50 bits per heavy atom. The highest BCUT2D eigenvalue weighted by Crippen LogP contribution is 2.42. The Balaban J connectivity index is 2.47. The van der Waals surface area contributed by atoms with Gasteiger partial charge in [0.2, 0.25) is 0 Å². The van der Waals surface area contributed by atoms with Crippen LogP contribution in [0.4, 0.5) is 8.78 Å². The second kappa shape index (κ2) is 3.81. The lowest BCUT2D eigenvalue weighted by molar-refractivity contribution is -0.142. The number of halogens is 2. The molecule has 1 N–H and O–H groups in total. The third-order valence-corrected chi connectivity index (χ3v) is 2.98. The molecule has 0 heterocycles. The molecule has 0 aromatic carbocycles. The topological polar surface area (TPSA) is 38.3 Å². The summed E-state index contributed by atoms with van der Waals surface area (Å²) in [5.74, 6) is -1.20. The van der Waals surface area contributed by atoms with Crippen LogP contribution in [0.3, 0.4) is 0 Å². The predicted octanol–water partition coefficient (Wildman–Crippen LogP) is 1.18. The number of amides is 1. The van der Waals surface area contributed by atoms with E-state index in [1.54, 1.807) is 7.11 Å². The predicted molar refractivity (Wildman–Crippen MR) is 47.1 cm³/mol. The summed E-state index contributed by atoms with van der Waals surface area (Å²) in [6, 6.07) is -0.214. The van der Waals surface area contributed by atoms with Crippen molar-refractivity contribution in [3.05, 3.63) is 0 Å². The highest BCUT2D eigenvalue weighted by Gasteiger charge is 2.49. The van der Waals surface area contributed by atoms with Crippen LogP contribution in [0.25, 0.3) is 0 Å². The molecule has 0 radical (unpaired) electrons. The van der Waals surface area contributed by atoms with E-state index in [2.05, 4.69) is 5.32 Å². The van der Waals surface area contributed by atoms with E-state index in [9.17, 15) is 13.6 Å². The van der Waals surface area contributed by atoms with Crippen molar-refractivity contribution in [1.82, 2.24) is 5.32 Å². The summed E-state index contributed by atoms with van der Waals surface area (Å²) in [7, 11) is 1.58. The van der Waals surface area contributed by atoms with E-state index in [4.69, 9.17) is 4.74 Å². The van der Waals surface area contributed by atoms with E-state index in [-0.39, 0.29) is 17.6 Å². The van der Waals surface area contributed by atoms with E-state index < -0.39 is 12.3 Å². The van der Waals surface area contributed by atoms with Gasteiger partial charge in [-0.25, -0.2) is 0 Å². The van der Waals surface area contributed by atoms with Crippen molar-refractivity contribution >= 4 is 5.91 Å². The highest BCUT2D eigenvalue weighted by atomic mass is 19.3. The van der Waals surface area contributed by atoms with Gasteiger partial charge in [-0.1, -0.05) is 13.8 Å². The van der Waals surface area contributed by atoms with Crippen LogP contribution in [-0.2, 0) is 9.53 Å². The molecule has 1 aliphatic rings. The largest absolute Gasteiger partial charge is 0.381 e. The Morgan fingerprint density at radius 1 is 1.57 bits per heavy atom. The van der Waals surface area contributed by atoms with E-state index in [0.717, 1.165) is 0 Å². The summed E-state index contributed by atoms with van der Waals surface area (Å²) in [5, 5.41) is 2.30. The first-order valence-corrected chi connectivity index (χ1v) is 4.51. The summed E-state index contributed by atoms with van der Waals surface area (Å²) < 4.78 is 29.0. The van der Waals surface area contributed by atoms with Gasteiger partial charge in [0, 0.05) is 18.6 Å². The van der Waals surface area contributed by atoms with Gasteiger partial charge in [-0.3, -0.25) is 4.79 Å². The molecule has 2 atom stereocenters. The van der Waals surface area contributed by atoms with Crippen molar-refractivity contribution in [3.63, 3.8) is 0 Å². The van der Waals surface area contributed by atoms with Crippen LogP contribution in [0.15, 0.2) is 0 Å². The molecule has 0 saturated heterocycles. The van der Waals surface area contributed by atoms with Gasteiger partial charge in [-0.15, -0.1) is 0 Å². The Bertz CT molecular complexity index is 231. The zero-order valence-electron chi connectivity index (χ0n) is 8.51. The molecule has 1 saturated carbocycles. The summed E-state index contributed by atoms with van der Waals surface area (Å²) >= 11 is 0. The summed E-state index contributed by atoms with van der Waals surface area (Å²) in [5.41, 5.74) is -0.265. The highest BCUT2D eigenvalue weighted by molar-refractivity contribution is 5.79. The van der Waals surface area contributed by atoms with Gasteiger partial charge in [-0.2, -0.15) is 8.78 Å². The third-order valence-electron chi connectivity index (χ3n) is 2.98. The molecule has 2 unspecified atom stereocenters. The molecule has 5 heteroatoms. The maximum Gasteiger partial charge on any atom is 0.315 e. The van der Waals surface area contributed by atoms with Gasteiger partial charge in [-0.05, 0) is 6.42 Å². The van der Waals surface area contributed by atoms with Crippen LogP contribution in [-0.4, -0.2) is 31.6 Å². The number of ether oxygens (including phenoxy) is 1. The number of carbonyl (C=O) groups is 1. The van der Waals surface area contributed by atoms with Crippen LogP contribution in [0.2, 0.25) is 0 Å². The summed E-state index contributed by atoms with van der Waals surface area (Å²) in [6.07, 6.45) is -2.31. The molecule has 3 nitrogen and oxygen atoms in total. The first kappa shape index (κ1) is 11.4. The second-order valence-corrected chi connectivity index (χ2v) is 4.14. The Morgan fingerprint density at radius 2 is 2.14 bits per heavy atom. The first-order chi connectivity index (χ1) is 6.39. The fourth-order valence-electron chi connectivity index (χ4n) is 1.77. The monoisotopic (exact) mass is 207 g/mol. The van der Waals surface area contributed by atoms with Crippen LogP contribution >= 0.6 is 0 Å². The molecule has 0 spiro atoms. The molecule has 1 amide bonds. The van der Waals surface area contributed by atoms with Crippen molar-refractivity contribution < 1.29 is 18.3 Å². The Kier molecular flexibility index (Phi) is 3.09. The van der Waals surface area contributed by atoms with Gasteiger partial charge < -0.3 is 10.1 Å². The fraction of sp³-hybridized carbons (Fsp3) is 0.889. The number of hydrogen-bond donors (Lipinski definition) is 1. The average molecular weight is 207 g/mol. The molecule has 0 aromatic rings. The first-order valence-electron chi connectivity index (χ1n) is 4.51. The lowest BCUT2D eigenvalue weighted by Gasteiger charge is -2.51. The van der Waals surface area contributed by atoms with Crippen molar-refractivity contribution in [2.24, 2.45) is 5.41 Å². The number of methoxy groups -OCH3 is 1. The van der Waals surface area contributed by atoms with Crippen molar-refractivity contribution in [3.8, 4) is 0 Å². The lowest BCUT2D eigenvalue weighted by atomic mass is 9.64. The van der Waals surface area contributed by atoms with Gasteiger partial charge in [0.1, 0.15) is 0 Å². The number of rotatable bonds is 3. The Hall–Kier alpha value is -0.710. The quantitative estimate of drug-likeness (QED) is 0.754. The normalized spacial score (nSPS) is 29.9. The molecule has 1 aliphatic carbocycles. The minimum Gasteiger partial charge on any atom is -0.381 e. The summed E-state index contributed by atoms with van der Waals surface area (Å²) in [6.45, 7) is 3.78. The van der Waals surface area contributed by atoms with E-state index in [1.165, 1.54) is 0 Å². The molecular weight excluding hydrogens is 192 g/mol. The van der Waals surface area contributed by atoms with Gasteiger partial charge in [0.25, 0.3) is 5.91 Å². The molecule has 0 bridgehead atoms. The molecule has 0 aromatic heterocycles. The molecule has 14 heavy (non-hydrogen) atoms. The second-order valence-electron chi connectivity index (χ2n) is 4.14. The maximum absolute atomic E-state index is 11.9. The van der Waals surface area contributed by atoms with E-state index >= 15 is 0 Å². The molecule has 0 aliphatic heterocycles. The van der Waals surface area contributed by atoms with Crippen LogP contribution < -0.4 is 5.32 Å². The average Bonchev–Trinajstić information content (AvgIpc) is 2.10. The third kappa shape index (κ3) is 1.87. The van der Waals surface area contributed by atoms with Crippen molar-refractivity contribution in [1.29, 1.82) is 0 Å². The molecule has 82 valence electrons. The lowest BCUT2D eigenvalue weighted by Crippen LogP contribution is -2.62. The smallest absolute Gasteiger partial charge is 0.315 e. The van der Waals surface area contributed by atoms with Crippen LogP contribution in [0.5, 0.6) is 0 Å². The minimum absolute atomic E-state index is 0.0328. The van der Waals surface area contributed by atoms with E-state index in [1.807, 2.05) is 13.8 Å². The van der Waals surface area contributed by atoms with E-state index in [0.29, 0.717) is 6.42 Å². The zero-order valence-corrected chi connectivity index (χ0v) is 8.51. The minimum atomic E-state index is -2.94. The van der Waals surface area contributed by atoms with Gasteiger partial charge in [0.05, 0.1) is 6.10 Å². The molecule has 1 fully saturated rings.